The minimum Gasteiger partial charge on any atom is -0.313 e. The Balaban J connectivity index is 2.38. The van der Waals surface area contributed by atoms with E-state index in [0.717, 1.165) is 12.1 Å². The van der Waals surface area contributed by atoms with Gasteiger partial charge < -0.3 is 5.32 Å². The fraction of sp³-hybridized carbons (Fsp3) is 0.312. The van der Waals surface area contributed by atoms with Crippen molar-refractivity contribution >= 4 is 0 Å². The van der Waals surface area contributed by atoms with Crippen LogP contribution in [0, 0.1) is 6.92 Å². The maximum atomic E-state index is 4.24. The second-order valence-electron chi connectivity index (χ2n) is 4.56. The molecule has 1 aromatic heterocycles. The molecule has 18 heavy (non-hydrogen) atoms. The second-order valence-corrected chi connectivity index (χ2v) is 4.56. The molecule has 2 rings (SSSR count). The minimum atomic E-state index is 0.424. The smallest absolute Gasteiger partial charge is 0.0378 e. The van der Waals surface area contributed by atoms with Crippen LogP contribution in [-0.4, -0.2) is 12.0 Å². The summed E-state index contributed by atoms with van der Waals surface area (Å²) in [6.45, 7) is 4.22. The van der Waals surface area contributed by atoms with E-state index in [1.165, 1.54) is 16.7 Å². The van der Waals surface area contributed by atoms with E-state index < -0.39 is 0 Å². The molecular weight excluding hydrogens is 220 g/mol. The lowest BCUT2D eigenvalue weighted by molar-refractivity contribution is 0.577. The largest absolute Gasteiger partial charge is 0.313 e. The first-order valence-electron chi connectivity index (χ1n) is 6.45. The predicted octanol–water partition coefficient (Wildman–Crippen LogP) is 3.73. The monoisotopic (exact) mass is 240 g/mol. The zero-order valence-electron chi connectivity index (χ0n) is 11.3. The second kappa shape index (κ2) is 5.78. The van der Waals surface area contributed by atoms with Gasteiger partial charge in [-0.1, -0.05) is 25.1 Å². The van der Waals surface area contributed by atoms with Crippen LogP contribution in [0.5, 0.6) is 0 Å². The van der Waals surface area contributed by atoms with Crippen molar-refractivity contribution in [3.63, 3.8) is 0 Å². The number of aromatic nitrogens is 1. The molecule has 0 fully saturated rings. The lowest BCUT2D eigenvalue weighted by Crippen LogP contribution is -2.15. The Labute approximate surface area is 109 Å². The highest BCUT2D eigenvalue weighted by Crippen LogP contribution is 2.24. The van der Waals surface area contributed by atoms with Crippen molar-refractivity contribution in [2.45, 2.75) is 26.3 Å². The normalized spacial score (nSPS) is 12.4. The van der Waals surface area contributed by atoms with Crippen LogP contribution in [0.3, 0.4) is 0 Å². The van der Waals surface area contributed by atoms with Gasteiger partial charge >= 0.3 is 0 Å². The van der Waals surface area contributed by atoms with E-state index in [9.17, 15) is 0 Å². The summed E-state index contributed by atoms with van der Waals surface area (Å²) in [5, 5.41) is 3.35. The number of hydrogen-bond acceptors (Lipinski definition) is 2. The van der Waals surface area contributed by atoms with Gasteiger partial charge in [-0.05, 0) is 55.3 Å². The first kappa shape index (κ1) is 12.8. The Morgan fingerprint density at radius 3 is 2.61 bits per heavy atom. The van der Waals surface area contributed by atoms with Crippen molar-refractivity contribution in [1.82, 2.24) is 10.3 Å². The number of nitrogens with zero attached hydrogens (tertiary/aromatic N) is 1. The first-order valence-corrected chi connectivity index (χ1v) is 6.45. The molecule has 0 aliphatic rings. The van der Waals surface area contributed by atoms with Crippen LogP contribution >= 0.6 is 0 Å². The number of pyridine rings is 1. The molecule has 2 heteroatoms. The van der Waals surface area contributed by atoms with Crippen LogP contribution in [0.15, 0.2) is 42.6 Å². The Bertz CT molecular complexity index is 516. The number of hydrogen-bond donors (Lipinski definition) is 1. The summed E-state index contributed by atoms with van der Waals surface area (Å²) in [7, 11) is 2.01. The van der Waals surface area contributed by atoms with Gasteiger partial charge in [0.1, 0.15) is 0 Å². The summed E-state index contributed by atoms with van der Waals surface area (Å²) in [6, 6.07) is 13.3. The third-order valence-corrected chi connectivity index (χ3v) is 3.28. The van der Waals surface area contributed by atoms with Crippen LogP contribution in [0.4, 0.5) is 0 Å². The molecule has 2 aromatic rings. The van der Waals surface area contributed by atoms with Crippen LogP contribution in [0.2, 0.25) is 0 Å². The van der Waals surface area contributed by atoms with Crippen molar-refractivity contribution in [2.24, 2.45) is 0 Å². The number of nitrogens with one attached hydrogen (secondary N) is 1. The van der Waals surface area contributed by atoms with Crippen molar-refractivity contribution in [2.75, 3.05) is 7.05 Å². The molecule has 1 atom stereocenters. The molecule has 94 valence electrons. The minimum absolute atomic E-state index is 0.424. The fourth-order valence-corrected chi connectivity index (χ4v) is 2.27. The van der Waals surface area contributed by atoms with Crippen molar-refractivity contribution in [1.29, 1.82) is 0 Å². The molecule has 1 N–H and O–H groups in total. The average molecular weight is 240 g/mol. The lowest BCUT2D eigenvalue weighted by Gasteiger charge is -2.15. The molecule has 0 saturated carbocycles. The van der Waals surface area contributed by atoms with E-state index in [2.05, 4.69) is 53.6 Å². The predicted molar refractivity (Wildman–Crippen MR) is 76.5 cm³/mol. The number of rotatable bonds is 4. The van der Waals surface area contributed by atoms with Gasteiger partial charge in [0.2, 0.25) is 0 Å². The highest BCUT2D eigenvalue weighted by molar-refractivity contribution is 5.64. The molecular formula is C16H20N2. The maximum Gasteiger partial charge on any atom is 0.0378 e. The highest BCUT2D eigenvalue weighted by atomic mass is 14.9. The summed E-state index contributed by atoms with van der Waals surface area (Å²) in [5.41, 5.74) is 4.88. The van der Waals surface area contributed by atoms with Crippen LogP contribution in [0.25, 0.3) is 11.1 Å². The zero-order valence-corrected chi connectivity index (χ0v) is 11.3. The molecule has 0 amide bonds. The molecule has 1 aromatic carbocycles. The van der Waals surface area contributed by atoms with Gasteiger partial charge in [0, 0.05) is 17.9 Å². The SMILES string of the molecule is CCC(NC)c1cccc(-c2ccnc(C)c2)c1. The Morgan fingerprint density at radius 2 is 1.94 bits per heavy atom. The third kappa shape index (κ3) is 2.77. The van der Waals surface area contributed by atoms with Crippen molar-refractivity contribution in [3.8, 4) is 11.1 Å². The summed E-state index contributed by atoms with van der Waals surface area (Å²) in [4.78, 5) is 4.24. The summed E-state index contributed by atoms with van der Waals surface area (Å²) >= 11 is 0. The van der Waals surface area contributed by atoms with Crippen LogP contribution < -0.4 is 5.32 Å². The highest BCUT2D eigenvalue weighted by Gasteiger charge is 2.07. The van der Waals surface area contributed by atoms with Gasteiger partial charge in [0.25, 0.3) is 0 Å². The van der Waals surface area contributed by atoms with Gasteiger partial charge in [0.05, 0.1) is 0 Å². The summed E-state index contributed by atoms with van der Waals surface area (Å²) in [5.74, 6) is 0. The summed E-state index contributed by atoms with van der Waals surface area (Å²) < 4.78 is 0. The van der Waals surface area contributed by atoms with Gasteiger partial charge in [0.15, 0.2) is 0 Å². The standard InChI is InChI=1S/C16H20N2/c1-4-16(17-3)15-7-5-6-13(11-15)14-8-9-18-12(2)10-14/h5-11,16-17H,4H2,1-3H3. The Hall–Kier alpha value is -1.67. The van der Waals surface area contributed by atoms with Gasteiger partial charge in [-0.2, -0.15) is 0 Å². The van der Waals surface area contributed by atoms with E-state index in [-0.39, 0.29) is 0 Å². The van der Waals surface area contributed by atoms with Crippen molar-refractivity contribution < 1.29 is 0 Å². The molecule has 1 unspecified atom stereocenters. The third-order valence-electron chi connectivity index (χ3n) is 3.28. The molecule has 0 aliphatic carbocycles. The Kier molecular flexibility index (Phi) is 4.11. The van der Waals surface area contributed by atoms with Gasteiger partial charge in [-0.25, -0.2) is 0 Å². The maximum absolute atomic E-state index is 4.24. The number of aryl methyl sites for hydroxylation is 1. The average Bonchev–Trinajstić information content (AvgIpc) is 2.41. The topological polar surface area (TPSA) is 24.9 Å². The molecule has 0 saturated heterocycles. The van der Waals surface area contributed by atoms with Crippen LogP contribution in [0.1, 0.15) is 30.6 Å². The molecule has 2 nitrogen and oxygen atoms in total. The van der Waals surface area contributed by atoms with E-state index in [1.54, 1.807) is 0 Å². The first-order chi connectivity index (χ1) is 8.74. The Morgan fingerprint density at radius 1 is 1.17 bits per heavy atom. The quantitative estimate of drug-likeness (QED) is 0.881. The molecule has 0 bridgehead atoms. The van der Waals surface area contributed by atoms with Gasteiger partial charge in [-0.3, -0.25) is 4.98 Å². The molecule has 0 spiro atoms. The van der Waals surface area contributed by atoms with E-state index in [4.69, 9.17) is 0 Å². The molecule has 0 radical (unpaired) electrons. The fourth-order valence-electron chi connectivity index (χ4n) is 2.27. The van der Waals surface area contributed by atoms with Crippen molar-refractivity contribution in [3.05, 3.63) is 53.9 Å². The van der Waals surface area contributed by atoms with E-state index in [0.29, 0.717) is 6.04 Å². The summed E-state index contributed by atoms with van der Waals surface area (Å²) in [6.07, 6.45) is 2.96. The van der Waals surface area contributed by atoms with E-state index in [1.807, 2.05) is 20.2 Å². The zero-order chi connectivity index (χ0) is 13.0. The van der Waals surface area contributed by atoms with Gasteiger partial charge in [-0.15, -0.1) is 0 Å². The lowest BCUT2D eigenvalue weighted by atomic mass is 9.98. The van der Waals surface area contributed by atoms with E-state index >= 15 is 0 Å². The van der Waals surface area contributed by atoms with Crippen LogP contribution in [-0.2, 0) is 0 Å². The number of benzene rings is 1. The molecule has 0 aliphatic heterocycles. The molecule has 1 heterocycles.